The molecule has 1 aromatic carbocycles. The molecule has 0 heterocycles. The van der Waals surface area contributed by atoms with Gasteiger partial charge in [-0.25, -0.2) is 9.59 Å². The predicted octanol–water partition coefficient (Wildman–Crippen LogP) is 0.321. The van der Waals surface area contributed by atoms with E-state index >= 15 is 0 Å². The van der Waals surface area contributed by atoms with Gasteiger partial charge in [0.15, 0.2) is 0 Å². The fraction of sp³-hybridized carbons (Fsp3) is 0. The fourth-order valence-electron chi connectivity index (χ4n) is 0.856. The summed E-state index contributed by atoms with van der Waals surface area (Å²) < 4.78 is 0. The second kappa shape index (κ2) is 6.76. The molecule has 0 aliphatic carbocycles. The van der Waals surface area contributed by atoms with E-state index in [9.17, 15) is 9.59 Å². The van der Waals surface area contributed by atoms with Gasteiger partial charge in [0.25, 0.3) is 0 Å². The van der Waals surface area contributed by atoms with Crippen molar-refractivity contribution >= 4 is 49.7 Å². The summed E-state index contributed by atoms with van der Waals surface area (Å²) in [5.74, 6) is -2.46. The maximum absolute atomic E-state index is 10.5. The van der Waals surface area contributed by atoms with Crippen molar-refractivity contribution in [1.82, 2.24) is 0 Å². The van der Waals surface area contributed by atoms with E-state index in [0.29, 0.717) is 0 Å². The average Bonchev–Trinajstić information content (AvgIpc) is 2.04. The molecule has 0 unspecified atom stereocenters. The van der Waals surface area contributed by atoms with Gasteiger partial charge in [0.2, 0.25) is 0 Å². The Bertz CT molecular complexity index is 305. The molecule has 4 nitrogen and oxygen atoms in total. The van der Waals surface area contributed by atoms with Crippen molar-refractivity contribution in [3.8, 4) is 0 Å². The molecule has 2 radical (unpaired) electrons. The van der Waals surface area contributed by atoms with E-state index in [4.69, 9.17) is 10.2 Å². The number of hydrogen-bond acceptors (Lipinski definition) is 2. The number of hydrogen-bond donors (Lipinski definition) is 2. The second-order valence-electron chi connectivity index (χ2n) is 2.16. The molecule has 64 valence electrons. The van der Waals surface area contributed by atoms with Crippen LogP contribution in [0.2, 0.25) is 0 Å². The van der Waals surface area contributed by atoms with Crippen molar-refractivity contribution < 1.29 is 19.8 Å². The Morgan fingerprint density at radius 3 is 1.36 bits per heavy atom. The number of benzene rings is 1. The van der Waals surface area contributed by atoms with E-state index in [1.807, 2.05) is 0 Å². The van der Waals surface area contributed by atoms with Crippen LogP contribution in [0.5, 0.6) is 0 Å². The molecule has 0 saturated heterocycles. The van der Waals surface area contributed by atoms with Crippen molar-refractivity contribution in [2.45, 2.75) is 0 Å². The molecule has 0 amide bonds. The Morgan fingerprint density at radius 2 is 1.14 bits per heavy atom. The first-order valence-electron chi connectivity index (χ1n) is 3.18. The van der Waals surface area contributed by atoms with Crippen LogP contribution in [0, 0.1) is 0 Å². The molecular formula is C8H6Li2O4. The van der Waals surface area contributed by atoms with Gasteiger partial charge in [0.1, 0.15) is 0 Å². The van der Waals surface area contributed by atoms with Crippen LogP contribution in [0.4, 0.5) is 0 Å². The van der Waals surface area contributed by atoms with E-state index in [1.54, 1.807) is 0 Å². The van der Waals surface area contributed by atoms with Crippen LogP contribution in [0.3, 0.4) is 0 Å². The maximum Gasteiger partial charge on any atom is 0.336 e. The predicted molar refractivity (Wildman–Crippen MR) is 51.9 cm³/mol. The summed E-state index contributed by atoms with van der Waals surface area (Å²) in [5, 5.41) is 17.1. The molecule has 2 N–H and O–H groups in total. The normalized spacial score (nSPS) is 8.00. The largest absolute Gasteiger partial charge is 0.478 e. The van der Waals surface area contributed by atoms with Gasteiger partial charge < -0.3 is 10.2 Å². The van der Waals surface area contributed by atoms with Gasteiger partial charge in [0, 0.05) is 37.7 Å². The summed E-state index contributed by atoms with van der Waals surface area (Å²) in [6, 6.07) is 5.48. The summed E-state index contributed by atoms with van der Waals surface area (Å²) in [7, 11) is 0. The van der Waals surface area contributed by atoms with Crippen molar-refractivity contribution in [3.63, 3.8) is 0 Å². The van der Waals surface area contributed by atoms with Gasteiger partial charge in [-0.15, -0.1) is 0 Å². The van der Waals surface area contributed by atoms with E-state index in [-0.39, 0.29) is 48.8 Å². The summed E-state index contributed by atoms with van der Waals surface area (Å²) in [5.41, 5.74) is -0.380. The van der Waals surface area contributed by atoms with Crippen molar-refractivity contribution in [2.75, 3.05) is 0 Å². The molecule has 1 aromatic rings. The minimum absolute atomic E-state index is 0. The first kappa shape index (κ1) is 15.8. The van der Waals surface area contributed by atoms with Gasteiger partial charge in [-0.3, -0.25) is 0 Å². The van der Waals surface area contributed by atoms with Crippen LogP contribution in [0.15, 0.2) is 24.3 Å². The van der Waals surface area contributed by atoms with Gasteiger partial charge in [-0.1, -0.05) is 12.1 Å². The smallest absolute Gasteiger partial charge is 0.336 e. The Hall–Kier alpha value is -0.645. The molecule has 0 saturated carbocycles. The molecule has 0 spiro atoms. The first-order chi connectivity index (χ1) is 5.63. The zero-order valence-electron chi connectivity index (χ0n) is 8.02. The summed E-state index contributed by atoms with van der Waals surface area (Å²) in [6.07, 6.45) is 0. The van der Waals surface area contributed by atoms with E-state index in [0.717, 1.165) is 0 Å². The third-order valence-corrected chi connectivity index (χ3v) is 1.39. The number of aromatic carboxylic acids is 2. The number of carboxylic acids is 2. The minimum Gasteiger partial charge on any atom is -0.478 e. The van der Waals surface area contributed by atoms with Crippen LogP contribution in [0.25, 0.3) is 0 Å². The molecule has 1 rings (SSSR count). The third-order valence-electron chi connectivity index (χ3n) is 1.39. The zero-order valence-corrected chi connectivity index (χ0v) is 8.02. The van der Waals surface area contributed by atoms with Crippen LogP contribution in [-0.4, -0.2) is 59.9 Å². The molecule has 6 heteroatoms. The van der Waals surface area contributed by atoms with Gasteiger partial charge in [-0.2, -0.15) is 0 Å². The molecule has 14 heavy (non-hydrogen) atoms. The van der Waals surface area contributed by atoms with E-state index in [2.05, 4.69) is 0 Å². The van der Waals surface area contributed by atoms with Crippen molar-refractivity contribution in [1.29, 1.82) is 0 Å². The first-order valence-corrected chi connectivity index (χ1v) is 3.18. The number of carboxylic acid groups (broad SMARTS) is 2. The van der Waals surface area contributed by atoms with Crippen molar-refractivity contribution in [3.05, 3.63) is 35.4 Å². The Labute approximate surface area is 105 Å². The second-order valence-corrected chi connectivity index (χ2v) is 2.16. The molecule has 0 atom stereocenters. The zero-order chi connectivity index (χ0) is 9.14. The Kier molecular flexibility index (Phi) is 7.63. The molecule has 0 aliphatic heterocycles. The molecule has 0 aromatic heterocycles. The van der Waals surface area contributed by atoms with Gasteiger partial charge >= 0.3 is 11.9 Å². The van der Waals surface area contributed by atoms with Crippen LogP contribution in [0.1, 0.15) is 20.7 Å². The topological polar surface area (TPSA) is 74.6 Å². The molecule has 0 fully saturated rings. The molecular weight excluding hydrogens is 174 g/mol. The third kappa shape index (κ3) is 3.61. The monoisotopic (exact) mass is 180 g/mol. The minimum atomic E-state index is -1.23. The quantitative estimate of drug-likeness (QED) is 0.642. The number of carbonyl (C=O) groups is 2. The average molecular weight is 180 g/mol. The van der Waals surface area contributed by atoms with Gasteiger partial charge in [0.05, 0.1) is 11.1 Å². The Balaban J connectivity index is 0. The van der Waals surface area contributed by atoms with E-state index < -0.39 is 11.9 Å². The van der Waals surface area contributed by atoms with Crippen molar-refractivity contribution in [2.24, 2.45) is 0 Å². The van der Waals surface area contributed by atoms with Gasteiger partial charge in [-0.05, 0) is 12.1 Å². The summed E-state index contributed by atoms with van der Waals surface area (Å²) in [6.45, 7) is 0. The van der Waals surface area contributed by atoms with Crippen LogP contribution < -0.4 is 0 Å². The standard InChI is InChI=1S/C8H6O4.2Li/c9-7(10)5-3-1-2-4-6(5)8(11)12;;/h1-4H,(H,9,10)(H,11,12);;. The van der Waals surface area contributed by atoms with Crippen LogP contribution in [-0.2, 0) is 0 Å². The molecule has 0 bridgehead atoms. The van der Waals surface area contributed by atoms with Crippen LogP contribution >= 0.6 is 0 Å². The maximum atomic E-state index is 10.5. The number of rotatable bonds is 2. The van der Waals surface area contributed by atoms with E-state index in [1.165, 1.54) is 24.3 Å². The summed E-state index contributed by atoms with van der Waals surface area (Å²) in [4.78, 5) is 20.9. The summed E-state index contributed by atoms with van der Waals surface area (Å²) >= 11 is 0. The Morgan fingerprint density at radius 1 is 0.857 bits per heavy atom. The SMILES string of the molecule is O=C(O)c1ccccc1C(=O)O.[Li].[Li]. The molecule has 0 aliphatic rings. The fourth-order valence-corrected chi connectivity index (χ4v) is 0.856.